The van der Waals surface area contributed by atoms with Crippen molar-refractivity contribution < 1.29 is 9.47 Å². The third kappa shape index (κ3) is 2.19. The smallest absolute Gasteiger partial charge is 0.169 e. The second-order valence-corrected chi connectivity index (χ2v) is 3.92. The first kappa shape index (κ1) is 12.5. The average Bonchev–Trinajstić information content (AvgIpc) is 2.41. The van der Waals surface area contributed by atoms with Gasteiger partial charge >= 0.3 is 0 Å². The molecule has 0 spiro atoms. The van der Waals surface area contributed by atoms with Gasteiger partial charge in [-0.25, -0.2) is 0 Å². The molecule has 2 heteroatoms. The zero-order valence-corrected chi connectivity index (χ0v) is 10.9. The van der Waals surface area contributed by atoms with Crippen LogP contribution in [0.3, 0.4) is 0 Å². The van der Waals surface area contributed by atoms with Gasteiger partial charge in [-0.1, -0.05) is 36.9 Å². The largest absolute Gasteiger partial charge is 0.489 e. The number of hydrogen-bond acceptors (Lipinski definition) is 2. The van der Waals surface area contributed by atoms with Gasteiger partial charge in [0.25, 0.3) is 0 Å². The molecule has 0 aliphatic carbocycles. The Morgan fingerprint density at radius 3 is 2.39 bits per heavy atom. The predicted octanol–water partition coefficient (Wildman–Crippen LogP) is 4.28. The van der Waals surface area contributed by atoms with Crippen molar-refractivity contribution in [3.8, 4) is 11.5 Å². The molecular weight excluding hydrogens is 224 g/mol. The Hall–Kier alpha value is -1.96. The van der Waals surface area contributed by atoms with Gasteiger partial charge in [-0.15, -0.1) is 0 Å². The summed E-state index contributed by atoms with van der Waals surface area (Å²) in [5.74, 6) is 1.60. The molecule has 0 unspecified atom stereocenters. The van der Waals surface area contributed by atoms with Crippen LogP contribution >= 0.6 is 0 Å². The zero-order chi connectivity index (χ0) is 13.0. The number of hydrogen-bond donors (Lipinski definition) is 0. The molecule has 0 radical (unpaired) electrons. The van der Waals surface area contributed by atoms with Crippen LogP contribution in [-0.4, -0.2) is 13.2 Å². The zero-order valence-electron chi connectivity index (χ0n) is 10.9. The highest BCUT2D eigenvalue weighted by Crippen LogP contribution is 2.39. The molecule has 0 saturated heterocycles. The minimum atomic E-state index is 0.610. The highest BCUT2D eigenvalue weighted by atomic mass is 16.5. The van der Waals surface area contributed by atoms with Crippen LogP contribution in [-0.2, 0) is 0 Å². The van der Waals surface area contributed by atoms with E-state index >= 15 is 0 Å². The molecule has 0 aliphatic heterocycles. The van der Waals surface area contributed by atoms with Crippen LogP contribution in [0.15, 0.2) is 36.9 Å². The second-order valence-electron chi connectivity index (χ2n) is 3.92. The summed E-state index contributed by atoms with van der Waals surface area (Å²) >= 11 is 0. The van der Waals surface area contributed by atoms with Crippen molar-refractivity contribution in [3.05, 3.63) is 42.5 Å². The molecule has 0 aromatic heterocycles. The van der Waals surface area contributed by atoms with Crippen LogP contribution in [0.25, 0.3) is 16.8 Å². The van der Waals surface area contributed by atoms with Gasteiger partial charge in [0, 0.05) is 10.9 Å². The minimum Gasteiger partial charge on any atom is -0.489 e. The lowest BCUT2D eigenvalue weighted by Crippen LogP contribution is -2.01. The quantitative estimate of drug-likeness (QED) is 0.779. The van der Waals surface area contributed by atoms with Crippen LogP contribution in [0, 0.1) is 0 Å². The van der Waals surface area contributed by atoms with Crippen LogP contribution in [0.1, 0.15) is 19.4 Å². The molecule has 18 heavy (non-hydrogen) atoms. The summed E-state index contributed by atoms with van der Waals surface area (Å²) in [5, 5.41) is 2.22. The molecule has 0 saturated carbocycles. The van der Waals surface area contributed by atoms with E-state index in [0.717, 1.165) is 27.8 Å². The van der Waals surface area contributed by atoms with Gasteiger partial charge in [0.15, 0.2) is 11.5 Å². The van der Waals surface area contributed by atoms with Crippen LogP contribution < -0.4 is 9.47 Å². The van der Waals surface area contributed by atoms with Crippen molar-refractivity contribution >= 4 is 16.8 Å². The number of fused-ring (bicyclic) bond motifs is 1. The summed E-state index contributed by atoms with van der Waals surface area (Å²) in [7, 11) is 0. The third-order valence-corrected chi connectivity index (χ3v) is 2.78. The summed E-state index contributed by atoms with van der Waals surface area (Å²) in [5.41, 5.74) is 0.971. The highest BCUT2D eigenvalue weighted by molar-refractivity contribution is 5.93. The molecule has 2 aromatic rings. The van der Waals surface area contributed by atoms with E-state index in [1.54, 1.807) is 6.08 Å². The molecule has 0 fully saturated rings. The van der Waals surface area contributed by atoms with E-state index < -0.39 is 0 Å². The first-order valence-corrected chi connectivity index (χ1v) is 6.25. The lowest BCUT2D eigenvalue weighted by Gasteiger charge is -2.16. The molecular formula is C16H18O2. The fourth-order valence-corrected chi connectivity index (χ4v) is 2.05. The number of rotatable bonds is 5. The van der Waals surface area contributed by atoms with Crippen molar-refractivity contribution in [1.29, 1.82) is 0 Å². The van der Waals surface area contributed by atoms with E-state index in [9.17, 15) is 0 Å². The SMILES string of the molecule is C=Cc1cc2ccccc2c(OCC)c1OCC. The Morgan fingerprint density at radius 1 is 1.06 bits per heavy atom. The molecule has 0 aliphatic rings. The van der Waals surface area contributed by atoms with Crippen molar-refractivity contribution in [2.24, 2.45) is 0 Å². The Kier molecular flexibility index (Phi) is 3.88. The Labute approximate surface area is 108 Å². The molecule has 0 N–H and O–H groups in total. The van der Waals surface area contributed by atoms with E-state index in [0.29, 0.717) is 13.2 Å². The molecule has 0 heterocycles. The summed E-state index contributed by atoms with van der Waals surface area (Å²) in [4.78, 5) is 0. The van der Waals surface area contributed by atoms with Crippen molar-refractivity contribution in [2.45, 2.75) is 13.8 Å². The second kappa shape index (κ2) is 5.58. The van der Waals surface area contributed by atoms with Crippen molar-refractivity contribution in [3.63, 3.8) is 0 Å². The highest BCUT2D eigenvalue weighted by Gasteiger charge is 2.13. The van der Waals surface area contributed by atoms with Gasteiger partial charge in [-0.3, -0.25) is 0 Å². The molecule has 2 aromatic carbocycles. The fourth-order valence-electron chi connectivity index (χ4n) is 2.05. The molecule has 2 nitrogen and oxygen atoms in total. The van der Waals surface area contributed by atoms with E-state index in [-0.39, 0.29) is 0 Å². The Morgan fingerprint density at radius 2 is 1.72 bits per heavy atom. The van der Waals surface area contributed by atoms with Gasteiger partial charge in [0.1, 0.15) is 0 Å². The predicted molar refractivity (Wildman–Crippen MR) is 76.4 cm³/mol. The van der Waals surface area contributed by atoms with Crippen LogP contribution in [0.2, 0.25) is 0 Å². The molecule has 0 amide bonds. The lowest BCUT2D eigenvalue weighted by molar-refractivity contribution is 0.290. The minimum absolute atomic E-state index is 0.610. The maximum atomic E-state index is 5.77. The van der Waals surface area contributed by atoms with E-state index in [4.69, 9.17) is 9.47 Å². The first-order valence-electron chi connectivity index (χ1n) is 6.25. The first-order chi connectivity index (χ1) is 8.81. The maximum Gasteiger partial charge on any atom is 0.169 e. The monoisotopic (exact) mass is 242 g/mol. The molecule has 0 atom stereocenters. The summed E-state index contributed by atoms with van der Waals surface area (Å²) < 4.78 is 11.5. The number of benzene rings is 2. The fraction of sp³-hybridized carbons (Fsp3) is 0.250. The maximum absolute atomic E-state index is 5.77. The van der Waals surface area contributed by atoms with Crippen molar-refractivity contribution in [1.82, 2.24) is 0 Å². The molecule has 94 valence electrons. The van der Waals surface area contributed by atoms with Gasteiger partial charge < -0.3 is 9.47 Å². The van der Waals surface area contributed by atoms with Gasteiger partial charge in [-0.2, -0.15) is 0 Å². The van der Waals surface area contributed by atoms with Gasteiger partial charge in [0.2, 0.25) is 0 Å². The Bertz CT molecular complexity index is 558. The lowest BCUT2D eigenvalue weighted by atomic mass is 10.0. The summed E-state index contributed by atoms with van der Waals surface area (Å²) in [6.07, 6.45) is 1.81. The van der Waals surface area contributed by atoms with Crippen LogP contribution in [0.5, 0.6) is 11.5 Å². The van der Waals surface area contributed by atoms with Gasteiger partial charge in [0.05, 0.1) is 13.2 Å². The van der Waals surface area contributed by atoms with Crippen molar-refractivity contribution in [2.75, 3.05) is 13.2 Å². The summed E-state index contributed by atoms with van der Waals surface area (Å²) in [6, 6.07) is 10.2. The topological polar surface area (TPSA) is 18.5 Å². The standard InChI is InChI=1S/C16H18O2/c1-4-12-11-13-9-7-8-10-14(13)16(18-6-3)15(12)17-5-2/h4,7-11H,1,5-6H2,2-3H3. The van der Waals surface area contributed by atoms with E-state index in [2.05, 4.69) is 24.8 Å². The van der Waals surface area contributed by atoms with Crippen LogP contribution in [0.4, 0.5) is 0 Å². The normalized spacial score (nSPS) is 10.3. The Balaban J connectivity index is 2.74. The van der Waals surface area contributed by atoms with E-state index in [1.807, 2.05) is 26.0 Å². The molecule has 2 rings (SSSR count). The third-order valence-electron chi connectivity index (χ3n) is 2.78. The van der Waals surface area contributed by atoms with Gasteiger partial charge in [-0.05, 0) is 25.3 Å². The number of ether oxygens (including phenoxy) is 2. The van der Waals surface area contributed by atoms with E-state index in [1.165, 1.54) is 0 Å². The summed E-state index contributed by atoms with van der Waals surface area (Å²) in [6.45, 7) is 9.02. The molecule has 0 bridgehead atoms. The average molecular weight is 242 g/mol.